The highest BCUT2D eigenvalue weighted by atomic mass is 32.1. The number of rotatable bonds is 4. The van der Waals surface area contributed by atoms with Gasteiger partial charge in [0.2, 0.25) is 0 Å². The maximum atomic E-state index is 12.2. The number of thiocarbonyl (C=S) groups is 1. The maximum absolute atomic E-state index is 12.2. The van der Waals surface area contributed by atoms with Crippen molar-refractivity contribution in [1.82, 2.24) is 5.32 Å². The minimum atomic E-state index is -0.573. The molecule has 0 unspecified atom stereocenters. The first kappa shape index (κ1) is 17.6. The van der Waals surface area contributed by atoms with Crippen molar-refractivity contribution in [3.05, 3.63) is 65.2 Å². The number of carbonyl (C=O) groups excluding carboxylic acids is 2. The normalized spacial score (nSPS) is 10.3. The van der Waals surface area contributed by atoms with E-state index in [-0.39, 0.29) is 11.0 Å². The molecular weight excluding hydrogens is 322 g/mol. The highest BCUT2D eigenvalue weighted by Crippen LogP contribution is 2.15. The Morgan fingerprint density at radius 2 is 1.67 bits per heavy atom. The number of nitrogens with one attached hydrogen (secondary N) is 2. The molecule has 0 aliphatic heterocycles. The van der Waals surface area contributed by atoms with Crippen LogP contribution in [0.1, 0.15) is 46.0 Å². The predicted molar refractivity (Wildman–Crippen MR) is 99.2 cm³/mol. The van der Waals surface area contributed by atoms with Gasteiger partial charge in [-0.1, -0.05) is 38.1 Å². The Morgan fingerprint density at radius 3 is 2.25 bits per heavy atom. The Hall–Kier alpha value is -2.73. The van der Waals surface area contributed by atoms with Crippen LogP contribution in [0.4, 0.5) is 5.69 Å². The van der Waals surface area contributed by atoms with Crippen molar-refractivity contribution < 1.29 is 9.59 Å². The number of primary amides is 1. The summed E-state index contributed by atoms with van der Waals surface area (Å²) < 4.78 is 0. The number of carbonyl (C=O) groups is 2. The van der Waals surface area contributed by atoms with Crippen molar-refractivity contribution in [1.29, 1.82) is 0 Å². The second-order valence-electron chi connectivity index (χ2n) is 5.59. The van der Waals surface area contributed by atoms with Gasteiger partial charge in [0.15, 0.2) is 5.11 Å². The highest BCUT2D eigenvalue weighted by Gasteiger charge is 2.11. The van der Waals surface area contributed by atoms with Gasteiger partial charge in [-0.3, -0.25) is 14.9 Å². The number of benzene rings is 2. The zero-order valence-electron chi connectivity index (χ0n) is 13.5. The number of hydrogen-bond acceptors (Lipinski definition) is 3. The van der Waals surface area contributed by atoms with E-state index in [0.717, 1.165) is 5.56 Å². The molecule has 2 aromatic carbocycles. The third-order valence-electron chi connectivity index (χ3n) is 3.51. The van der Waals surface area contributed by atoms with Crippen LogP contribution >= 0.6 is 12.2 Å². The molecule has 0 aromatic heterocycles. The van der Waals surface area contributed by atoms with Crippen LogP contribution in [0.3, 0.4) is 0 Å². The first-order chi connectivity index (χ1) is 11.4. The van der Waals surface area contributed by atoms with Crippen molar-refractivity contribution in [2.24, 2.45) is 5.73 Å². The Kier molecular flexibility index (Phi) is 5.65. The molecule has 0 aliphatic carbocycles. The number of anilines is 1. The molecule has 4 N–H and O–H groups in total. The van der Waals surface area contributed by atoms with Crippen LogP contribution in [-0.2, 0) is 0 Å². The fourth-order valence-corrected chi connectivity index (χ4v) is 2.36. The van der Waals surface area contributed by atoms with Crippen molar-refractivity contribution in [2.75, 3.05) is 5.32 Å². The summed E-state index contributed by atoms with van der Waals surface area (Å²) in [4.78, 5) is 23.6. The number of hydrogen-bond donors (Lipinski definition) is 3. The van der Waals surface area contributed by atoms with Crippen LogP contribution in [0.25, 0.3) is 0 Å². The molecule has 124 valence electrons. The van der Waals surface area contributed by atoms with Crippen LogP contribution in [0.2, 0.25) is 0 Å². The molecule has 0 radical (unpaired) electrons. The van der Waals surface area contributed by atoms with Gasteiger partial charge in [0.05, 0.1) is 11.3 Å². The lowest BCUT2D eigenvalue weighted by Gasteiger charge is -2.12. The molecular formula is C18H19N3O2S. The van der Waals surface area contributed by atoms with Crippen molar-refractivity contribution >= 4 is 34.8 Å². The smallest absolute Gasteiger partial charge is 0.257 e. The van der Waals surface area contributed by atoms with Crippen LogP contribution in [0, 0.1) is 0 Å². The van der Waals surface area contributed by atoms with Crippen LogP contribution in [0.5, 0.6) is 0 Å². The standard InChI is InChI=1S/C18H19N3O2S/c1-11(2)12-7-9-13(10-8-12)17(23)21-18(24)20-15-6-4-3-5-14(15)16(19)22/h3-11H,1-2H3,(H2,19,22)(H2,20,21,23,24). The fraction of sp³-hybridized carbons (Fsp3) is 0.167. The van der Waals surface area contributed by atoms with Crippen molar-refractivity contribution in [2.45, 2.75) is 19.8 Å². The van der Waals surface area contributed by atoms with E-state index in [2.05, 4.69) is 24.5 Å². The van der Waals surface area contributed by atoms with E-state index >= 15 is 0 Å². The molecule has 0 fully saturated rings. The van der Waals surface area contributed by atoms with Gasteiger partial charge in [-0.05, 0) is 48.0 Å². The lowest BCUT2D eigenvalue weighted by molar-refractivity contribution is 0.0975. The van der Waals surface area contributed by atoms with E-state index in [4.69, 9.17) is 18.0 Å². The SMILES string of the molecule is CC(C)c1ccc(C(=O)NC(=S)Nc2ccccc2C(N)=O)cc1. The first-order valence-corrected chi connectivity index (χ1v) is 7.90. The third kappa shape index (κ3) is 4.39. The van der Waals surface area contributed by atoms with E-state index in [1.807, 2.05) is 12.1 Å². The van der Waals surface area contributed by atoms with Gasteiger partial charge in [-0.15, -0.1) is 0 Å². The largest absolute Gasteiger partial charge is 0.366 e. The monoisotopic (exact) mass is 341 g/mol. The third-order valence-corrected chi connectivity index (χ3v) is 3.71. The Balaban J connectivity index is 2.04. The second-order valence-corrected chi connectivity index (χ2v) is 6.00. The molecule has 2 amide bonds. The topological polar surface area (TPSA) is 84.2 Å². The Morgan fingerprint density at radius 1 is 1.04 bits per heavy atom. The van der Waals surface area contributed by atoms with Crippen LogP contribution in [-0.4, -0.2) is 16.9 Å². The van der Waals surface area contributed by atoms with E-state index in [0.29, 0.717) is 22.7 Å². The van der Waals surface area contributed by atoms with Gasteiger partial charge < -0.3 is 11.1 Å². The van der Waals surface area contributed by atoms with Gasteiger partial charge in [-0.25, -0.2) is 0 Å². The molecule has 2 aromatic rings. The van der Waals surface area contributed by atoms with Crippen molar-refractivity contribution in [3.8, 4) is 0 Å². The number of para-hydroxylation sites is 1. The fourth-order valence-electron chi connectivity index (χ4n) is 2.16. The number of nitrogens with two attached hydrogens (primary N) is 1. The second kappa shape index (κ2) is 7.70. The molecule has 0 aliphatic rings. The lowest BCUT2D eigenvalue weighted by atomic mass is 10.0. The zero-order chi connectivity index (χ0) is 17.7. The van der Waals surface area contributed by atoms with Gasteiger partial charge >= 0.3 is 0 Å². The first-order valence-electron chi connectivity index (χ1n) is 7.49. The molecule has 5 nitrogen and oxygen atoms in total. The molecule has 0 bridgehead atoms. The summed E-state index contributed by atoms with van der Waals surface area (Å²) in [7, 11) is 0. The molecule has 0 heterocycles. The molecule has 0 atom stereocenters. The molecule has 2 rings (SSSR count). The summed E-state index contributed by atoms with van der Waals surface area (Å²) in [5, 5.41) is 5.51. The molecule has 6 heteroatoms. The summed E-state index contributed by atoms with van der Waals surface area (Å²) in [5.41, 5.74) is 7.72. The Bertz CT molecular complexity index is 770. The zero-order valence-corrected chi connectivity index (χ0v) is 14.3. The van der Waals surface area contributed by atoms with E-state index in [9.17, 15) is 9.59 Å². The molecule has 24 heavy (non-hydrogen) atoms. The minimum Gasteiger partial charge on any atom is -0.366 e. The lowest BCUT2D eigenvalue weighted by Crippen LogP contribution is -2.34. The van der Waals surface area contributed by atoms with Crippen LogP contribution in [0.15, 0.2) is 48.5 Å². The minimum absolute atomic E-state index is 0.0987. The number of amides is 2. The van der Waals surface area contributed by atoms with Gasteiger partial charge in [0, 0.05) is 5.56 Å². The summed E-state index contributed by atoms with van der Waals surface area (Å²) in [6.45, 7) is 4.18. The average Bonchev–Trinajstić information content (AvgIpc) is 2.55. The molecule has 0 saturated heterocycles. The predicted octanol–water partition coefficient (Wildman–Crippen LogP) is 3.04. The summed E-state index contributed by atoms with van der Waals surface area (Å²) in [6.07, 6.45) is 0. The summed E-state index contributed by atoms with van der Waals surface area (Å²) in [5.74, 6) is -0.494. The van der Waals surface area contributed by atoms with Crippen molar-refractivity contribution in [3.63, 3.8) is 0 Å². The van der Waals surface area contributed by atoms with E-state index in [1.165, 1.54) is 0 Å². The summed E-state index contributed by atoms with van der Waals surface area (Å²) >= 11 is 5.13. The van der Waals surface area contributed by atoms with Gasteiger partial charge in [-0.2, -0.15) is 0 Å². The van der Waals surface area contributed by atoms with Gasteiger partial charge in [0.25, 0.3) is 11.8 Å². The summed E-state index contributed by atoms with van der Waals surface area (Å²) in [6, 6.07) is 14.0. The molecule has 0 spiro atoms. The maximum Gasteiger partial charge on any atom is 0.257 e. The Labute approximate surface area is 146 Å². The average molecular weight is 341 g/mol. The molecule has 0 saturated carbocycles. The highest BCUT2D eigenvalue weighted by molar-refractivity contribution is 7.80. The van der Waals surface area contributed by atoms with E-state index < -0.39 is 5.91 Å². The van der Waals surface area contributed by atoms with E-state index in [1.54, 1.807) is 36.4 Å². The quantitative estimate of drug-likeness (QED) is 0.746. The van der Waals surface area contributed by atoms with Crippen LogP contribution < -0.4 is 16.4 Å². The van der Waals surface area contributed by atoms with Gasteiger partial charge in [0.1, 0.15) is 0 Å².